The lowest BCUT2D eigenvalue weighted by atomic mass is 9.72. The maximum Gasteiger partial charge on any atom is 0.230 e. The third-order valence-corrected chi connectivity index (χ3v) is 4.20. The van der Waals surface area contributed by atoms with Crippen LogP contribution in [-0.2, 0) is 14.9 Å². The molecule has 1 aliphatic heterocycles. The molecule has 1 heterocycles. The SMILES string of the molecule is CC(C)COCCNC(=O)C1(c2ccccc2)CCNCC1.Cl. The Morgan fingerprint density at radius 2 is 1.91 bits per heavy atom. The summed E-state index contributed by atoms with van der Waals surface area (Å²) >= 11 is 0. The van der Waals surface area contributed by atoms with E-state index in [-0.39, 0.29) is 18.3 Å². The van der Waals surface area contributed by atoms with E-state index in [1.54, 1.807) is 0 Å². The molecule has 1 aromatic carbocycles. The molecule has 0 spiro atoms. The van der Waals surface area contributed by atoms with Crippen LogP contribution in [0.15, 0.2) is 30.3 Å². The van der Waals surface area contributed by atoms with Crippen LogP contribution in [0, 0.1) is 5.92 Å². The van der Waals surface area contributed by atoms with Crippen molar-refractivity contribution in [1.82, 2.24) is 10.6 Å². The Morgan fingerprint density at radius 3 is 2.52 bits per heavy atom. The number of ether oxygens (including phenoxy) is 1. The molecule has 0 atom stereocenters. The fourth-order valence-electron chi connectivity index (χ4n) is 2.98. The molecular weight excluding hydrogens is 312 g/mol. The minimum Gasteiger partial charge on any atom is -0.379 e. The van der Waals surface area contributed by atoms with E-state index in [0.717, 1.165) is 38.1 Å². The Labute approximate surface area is 145 Å². The van der Waals surface area contributed by atoms with Gasteiger partial charge in [0.1, 0.15) is 0 Å². The molecule has 0 aromatic heterocycles. The summed E-state index contributed by atoms with van der Waals surface area (Å²) in [5, 5.41) is 6.42. The lowest BCUT2D eigenvalue weighted by molar-refractivity contribution is -0.128. The Hall–Kier alpha value is -1.10. The Kier molecular flexibility index (Phi) is 8.59. The van der Waals surface area contributed by atoms with Gasteiger partial charge in [-0.25, -0.2) is 0 Å². The average molecular weight is 341 g/mol. The summed E-state index contributed by atoms with van der Waals surface area (Å²) in [5.41, 5.74) is 0.724. The Balaban J connectivity index is 0.00000264. The number of carbonyl (C=O) groups excluding carboxylic acids is 1. The molecule has 0 bridgehead atoms. The van der Waals surface area contributed by atoms with Crippen molar-refractivity contribution in [3.8, 4) is 0 Å². The summed E-state index contributed by atoms with van der Waals surface area (Å²) in [4.78, 5) is 12.8. The summed E-state index contributed by atoms with van der Waals surface area (Å²) in [5.74, 6) is 0.657. The average Bonchev–Trinajstić information content (AvgIpc) is 2.55. The van der Waals surface area contributed by atoms with Crippen LogP contribution >= 0.6 is 12.4 Å². The highest BCUT2D eigenvalue weighted by Crippen LogP contribution is 2.33. The summed E-state index contributed by atoms with van der Waals surface area (Å²) in [6.45, 7) is 7.90. The third-order valence-electron chi connectivity index (χ3n) is 4.20. The molecule has 130 valence electrons. The second kappa shape index (κ2) is 9.91. The monoisotopic (exact) mass is 340 g/mol. The summed E-state index contributed by atoms with van der Waals surface area (Å²) < 4.78 is 5.54. The predicted octanol–water partition coefficient (Wildman–Crippen LogP) is 2.52. The van der Waals surface area contributed by atoms with E-state index in [1.165, 1.54) is 0 Å². The van der Waals surface area contributed by atoms with Gasteiger partial charge in [0.05, 0.1) is 12.0 Å². The zero-order valence-electron chi connectivity index (χ0n) is 14.1. The van der Waals surface area contributed by atoms with Crippen molar-refractivity contribution in [2.75, 3.05) is 32.8 Å². The summed E-state index contributed by atoms with van der Waals surface area (Å²) in [7, 11) is 0. The van der Waals surface area contributed by atoms with Crippen LogP contribution < -0.4 is 10.6 Å². The smallest absolute Gasteiger partial charge is 0.230 e. The van der Waals surface area contributed by atoms with E-state index < -0.39 is 5.41 Å². The van der Waals surface area contributed by atoms with Gasteiger partial charge >= 0.3 is 0 Å². The number of rotatable bonds is 7. The third kappa shape index (κ3) is 5.48. The quantitative estimate of drug-likeness (QED) is 0.750. The standard InChI is InChI=1S/C18H28N2O2.ClH/c1-15(2)14-22-13-12-20-17(21)18(8-10-19-11-9-18)16-6-4-3-5-7-16;/h3-7,15,19H,8-14H2,1-2H3,(H,20,21);1H. The molecule has 1 fully saturated rings. The van der Waals surface area contributed by atoms with E-state index >= 15 is 0 Å². The maximum absolute atomic E-state index is 12.8. The molecule has 0 unspecified atom stereocenters. The molecule has 0 saturated carbocycles. The van der Waals surface area contributed by atoms with Gasteiger partial charge < -0.3 is 15.4 Å². The molecule has 1 aliphatic rings. The van der Waals surface area contributed by atoms with Gasteiger partial charge in [-0.3, -0.25) is 4.79 Å². The molecule has 5 heteroatoms. The molecule has 4 nitrogen and oxygen atoms in total. The number of nitrogens with one attached hydrogen (secondary N) is 2. The highest BCUT2D eigenvalue weighted by Gasteiger charge is 2.40. The Bertz CT molecular complexity index is 459. The first-order valence-corrected chi connectivity index (χ1v) is 8.27. The summed E-state index contributed by atoms with van der Waals surface area (Å²) in [6.07, 6.45) is 1.69. The van der Waals surface area contributed by atoms with E-state index in [2.05, 4.69) is 36.6 Å². The zero-order chi connectivity index (χ0) is 15.8. The first kappa shape index (κ1) is 19.9. The molecule has 0 radical (unpaired) electrons. The van der Waals surface area contributed by atoms with Crippen LogP contribution in [0.1, 0.15) is 32.3 Å². The van der Waals surface area contributed by atoms with Gasteiger partial charge in [-0.2, -0.15) is 0 Å². The molecule has 1 saturated heterocycles. The van der Waals surface area contributed by atoms with Crippen molar-refractivity contribution < 1.29 is 9.53 Å². The van der Waals surface area contributed by atoms with Gasteiger partial charge in [-0.1, -0.05) is 44.2 Å². The second-order valence-corrected chi connectivity index (χ2v) is 6.42. The molecular formula is C18H29ClN2O2. The molecule has 0 aliphatic carbocycles. The van der Waals surface area contributed by atoms with Crippen LogP contribution in [0.5, 0.6) is 0 Å². The number of halogens is 1. The Morgan fingerprint density at radius 1 is 1.26 bits per heavy atom. The van der Waals surface area contributed by atoms with Gasteiger partial charge in [0.2, 0.25) is 5.91 Å². The minimum absolute atomic E-state index is 0. The first-order chi connectivity index (χ1) is 10.6. The van der Waals surface area contributed by atoms with Gasteiger partial charge in [0.15, 0.2) is 0 Å². The first-order valence-electron chi connectivity index (χ1n) is 8.27. The van der Waals surface area contributed by atoms with E-state index in [9.17, 15) is 4.79 Å². The lowest BCUT2D eigenvalue weighted by Gasteiger charge is -2.36. The number of piperidine rings is 1. The van der Waals surface area contributed by atoms with Crippen molar-refractivity contribution in [3.05, 3.63) is 35.9 Å². The van der Waals surface area contributed by atoms with Crippen molar-refractivity contribution in [1.29, 1.82) is 0 Å². The summed E-state index contributed by atoms with van der Waals surface area (Å²) in [6, 6.07) is 10.2. The van der Waals surface area contributed by atoms with Crippen molar-refractivity contribution >= 4 is 18.3 Å². The number of carbonyl (C=O) groups is 1. The van der Waals surface area contributed by atoms with Crippen molar-refractivity contribution in [2.45, 2.75) is 32.1 Å². The largest absolute Gasteiger partial charge is 0.379 e. The topological polar surface area (TPSA) is 50.4 Å². The molecule has 2 rings (SSSR count). The fourth-order valence-corrected chi connectivity index (χ4v) is 2.98. The molecule has 23 heavy (non-hydrogen) atoms. The second-order valence-electron chi connectivity index (χ2n) is 6.42. The van der Waals surface area contributed by atoms with Crippen molar-refractivity contribution in [2.24, 2.45) is 5.92 Å². The van der Waals surface area contributed by atoms with Crippen LogP contribution in [-0.4, -0.2) is 38.8 Å². The van der Waals surface area contributed by atoms with Crippen LogP contribution in [0.25, 0.3) is 0 Å². The highest BCUT2D eigenvalue weighted by molar-refractivity contribution is 5.88. The van der Waals surface area contributed by atoms with Crippen LogP contribution in [0.4, 0.5) is 0 Å². The number of hydrogen-bond donors (Lipinski definition) is 2. The molecule has 1 amide bonds. The van der Waals surface area contributed by atoms with Gasteiger partial charge in [0.25, 0.3) is 0 Å². The van der Waals surface area contributed by atoms with E-state index in [4.69, 9.17) is 4.74 Å². The number of amides is 1. The maximum atomic E-state index is 12.8. The van der Waals surface area contributed by atoms with Gasteiger partial charge in [0, 0.05) is 13.2 Å². The van der Waals surface area contributed by atoms with Crippen LogP contribution in [0.3, 0.4) is 0 Å². The number of benzene rings is 1. The zero-order valence-corrected chi connectivity index (χ0v) is 15.0. The van der Waals surface area contributed by atoms with E-state index in [0.29, 0.717) is 19.1 Å². The normalized spacial score (nSPS) is 16.7. The fraction of sp³-hybridized carbons (Fsp3) is 0.611. The minimum atomic E-state index is -0.398. The lowest BCUT2D eigenvalue weighted by Crippen LogP contribution is -2.51. The molecule has 1 aromatic rings. The molecule has 2 N–H and O–H groups in total. The highest BCUT2D eigenvalue weighted by atomic mass is 35.5. The van der Waals surface area contributed by atoms with Gasteiger partial charge in [-0.05, 0) is 37.4 Å². The van der Waals surface area contributed by atoms with E-state index in [1.807, 2.05) is 18.2 Å². The predicted molar refractivity (Wildman–Crippen MR) is 96.1 cm³/mol. The van der Waals surface area contributed by atoms with Crippen LogP contribution in [0.2, 0.25) is 0 Å². The van der Waals surface area contributed by atoms with Gasteiger partial charge in [-0.15, -0.1) is 12.4 Å². The van der Waals surface area contributed by atoms with Crippen molar-refractivity contribution in [3.63, 3.8) is 0 Å². The number of hydrogen-bond acceptors (Lipinski definition) is 3.